The van der Waals surface area contributed by atoms with E-state index in [9.17, 15) is 0 Å². The highest BCUT2D eigenvalue weighted by atomic mass is 32.2. The van der Waals surface area contributed by atoms with Crippen molar-refractivity contribution in [2.45, 2.75) is 51.2 Å². The van der Waals surface area contributed by atoms with E-state index in [-0.39, 0.29) is 0 Å². The maximum absolute atomic E-state index is 5.86. The summed E-state index contributed by atoms with van der Waals surface area (Å²) in [6, 6.07) is 2.35. The van der Waals surface area contributed by atoms with Crippen molar-refractivity contribution in [3.05, 3.63) is 17.5 Å². The highest BCUT2D eigenvalue weighted by Crippen LogP contribution is 2.16. The summed E-state index contributed by atoms with van der Waals surface area (Å²) in [6.07, 6.45) is 3.29. The molecule has 1 aromatic rings. The molecule has 3 nitrogen and oxygen atoms in total. The molecule has 0 radical (unpaired) electrons. The molecule has 1 rings (SSSR count). The maximum atomic E-state index is 5.86. The molecule has 16 heavy (non-hydrogen) atoms. The summed E-state index contributed by atoms with van der Waals surface area (Å²) in [5, 5.41) is 0.891. The number of hydrogen-bond acceptors (Lipinski definition) is 4. The van der Waals surface area contributed by atoms with E-state index in [1.807, 2.05) is 19.9 Å². The van der Waals surface area contributed by atoms with Crippen LogP contribution in [0.5, 0.6) is 0 Å². The summed E-state index contributed by atoms with van der Waals surface area (Å²) < 4.78 is 0. The molecule has 1 unspecified atom stereocenters. The number of nitrogens with zero attached hydrogens (tertiary/aromatic N) is 2. The smallest absolute Gasteiger partial charge is 0.187 e. The van der Waals surface area contributed by atoms with E-state index < -0.39 is 0 Å². The van der Waals surface area contributed by atoms with Gasteiger partial charge in [-0.25, -0.2) is 9.97 Å². The molecule has 0 fully saturated rings. The summed E-state index contributed by atoms with van der Waals surface area (Å²) in [4.78, 5) is 8.78. The highest BCUT2D eigenvalue weighted by Gasteiger charge is 2.02. The molecule has 2 N–H and O–H groups in total. The number of aryl methyl sites for hydroxylation is 2. The molecule has 0 aliphatic rings. The van der Waals surface area contributed by atoms with Gasteiger partial charge in [0.1, 0.15) is 0 Å². The molecule has 0 aliphatic heterocycles. The molecule has 1 aromatic heterocycles. The van der Waals surface area contributed by atoms with E-state index in [2.05, 4.69) is 16.9 Å². The fourth-order valence-corrected chi connectivity index (χ4v) is 2.38. The predicted molar refractivity (Wildman–Crippen MR) is 69.7 cm³/mol. The van der Waals surface area contributed by atoms with Crippen molar-refractivity contribution in [3.63, 3.8) is 0 Å². The fraction of sp³-hybridized carbons (Fsp3) is 0.667. The molecule has 90 valence electrons. The van der Waals surface area contributed by atoms with Crippen LogP contribution in [-0.4, -0.2) is 21.8 Å². The van der Waals surface area contributed by atoms with Gasteiger partial charge in [0.2, 0.25) is 0 Å². The average Bonchev–Trinajstić information content (AvgIpc) is 2.22. The zero-order valence-corrected chi connectivity index (χ0v) is 11.2. The van der Waals surface area contributed by atoms with Crippen LogP contribution in [0.1, 0.15) is 37.6 Å². The van der Waals surface area contributed by atoms with Crippen molar-refractivity contribution >= 4 is 11.8 Å². The average molecular weight is 239 g/mol. The van der Waals surface area contributed by atoms with Gasteiger partial charge in [-0.2, -0.15) is 0 Å². The molecule has 0 spiro atoms. The Balaban J connectivity index is 2.32. The summed E-state index contributed by atoms with van der Waals surface area (Å²) in [7, 11) is 0. The number of thioether (sulfide) groups is 1. The highest BCUT2D eigenvalue weighted by molar-refractivity contribution is 7.99. The second-order valence-corrected chi connectivity index (χ2v) is 5.15. The lowest BCUT2D eigenvalue weighted by Crippen LogP contribution is -2.18. The van der Waals surface area contributed by atoms with Gasteiger partial charge in [-0.1, -0.05) is 18.7 Å². The van der Waals surface area contributed by atoms with Gasteiger partial charge in [-0.3, -0.25) is 0 Å². The molecule has 0 aromatic carbocycles. The van der Waals surface area contributed by atoms with Crippen molar-refractivity contribution in [2.75, 3.05) is 5.75 Å². The Morgan fingerprint density at radius 2 is 1.94 bits per heavy atom. The second-order valence-electron chi connectivity index (χ2n) is 4.09. The van der Waals surface area contributed by atoms with Crippen LogP contribution in [0.4, 0.5) is 0 Å². The summed E-state index contributed by atoms with van der Waals surface area (Å²) in [5.74, 6) is 1.05. The van der Waals surface area contributed by atoms with Crippen molar-refractivity contribution in [1.82, 2.24) is 9.97 Å². The van der Waals surface area contributed by atoms with E-state index in [0.717, 1.165) is 41.6 Å². The van der Waals surface area contributed by atoms with Crippen LogP contribution < -0.4 is 5.73 Å². The lowest BCUT2D eigenvalue weighted by Gasteiger charge is -2.07. The van der Waals surface area contributed by atoms with Crippen molar-refractivity contribution < 1.29 is 0 Å². The molecule has 0 amide bonds. The summed E-state index contributed by atoms with van der Waals surface area (Å²) in [5.41, 5.74) is 7.94. The monoisotopic (exact) mass is 239 g/mol. The Morgan fingerprint density at radius 3 is 2.50 bits per heavy atom. The molecule has 1 atom stereocenters. The minimum Gasteiger partial charge on any atom is -0.328 e. The number of rotatable bonds is 6. The van der Waals surface area contributed by atoms with Crippen molar-refractivity contribution in [3.8, 4) is 0 Å². The van der Waals surface area contributed by atoms with E-state index in [4.69, 9.17) is 5.73 Å². The Labute approximate surface area is 102 Å². The third kappa shape index (κ3) is 4.94. The van der Waals surface area contributed by atoms with Crippen LogP contribution in [0.15, 0.2) is 11.2 Å². The topological polar surface area (TPSA) is 51.8 Å². The third-order valence-corrected chi connectivity index (χ3v) is 3.37. The number of hydrogen-bond donors (Lipinski definition) is 1. The van der Waals surface area contributed by atoms with Crippen molar-refractivity contribution in [2.24, 2.45) is 5.73 Å². The molecule has 0 saturated heterocycles. The third-order valence-electron chi connectivity index (χ3n) is 2.44. The van der Waals surface area contributed by atoms with Crippen molar-refractivity contribution in [1.29, 1.82) is 0 Å². The minimum atomic E-state index is 0.348. The Morgan fingerprint density at radius 1 is 1.31 bits per heavy atom. The SMILES string of the molecule is CCC(N)CCCSc1nc(C)cc(C)n1. The van der Waals surface area contributed by atoms with Gasteiger partial charge in [-0.05, 0) is 39.2 Å². The molecule has 0 bridgehead atoms. The first-order chi connectivity index (χ1) is 7.61. The van der Waals surface area contributed by atoms with E-state index >= 15 is 0 Å². The van der Waals surface area contributed by atoms with Crippen LogP contribution in [0.3, 0.4) is 0 Å². The number of nitrogens with two attached hydrogens (primary N) is 1. The molecule has 4 heteroatoms. The van der Waals surface area contributed by atoms with Crippen LogP contribution >= 0.6 is 11.8 Å². The van der Waals surface area contributed by atoms with Crippen LogP contribution in [0, 0.1) is 13.8 Å². The molecule has 0 saturated carbocycles. The normalized spacial score (nSPS) is 12.8. The van der Waals surface area contributed by atoms with Gasteiger partial charge in [0.05, 0.1) is 0 Å². The van der Waals surface area contributed by atoms with Crippen LogP contribution in [0.25, 0.3) is 0 Å². The standard InChI is InChI=1S/C12H21N3S/c1-4-11(13)6-5-7-16-12-14-9(2)8-10(3)15-12/h8,11H,4-7,13H2,1-3H3. The zero-order chi connectivity index (χ0) is 12.0. The lowest BCUT2D eigenvalue weighted by molar-refractivity contribution is 0.589. The largest absolute Gasteiger partial charge is 0.328 e. The fourth-order valence-electron chi connectivity index (χ4n) is 1.47. The minimum absolute atomic E-state index is 0.348. The van der Waals surface area contributed by atoms with E-state index in [0.29, 0.717) is 6.04 Å². The molecule has 1 heterocycles. The quantitative estimate of drug-likeness (QED) is 0.471. The lowest BCUT2D eigenvalue weighted by atomic mass is 10.1. The molecular formula is C12H21N3S. The maximum Gasteiger partial charge on any atom is 0.187 e. The van der Waals surface area contributed by atoms with Crippen LogP contribution in [0.2, 0.25) is 0 Å². The zero-order valence-electron chi connectivity index (χ0n) is 10.4. The van der Waals surface area contributed by atoms with Gasteiger partial charge < -0.3 is 5.73 Å². The van der Waals surface area contributed by atoms with E-state index in [1.54, 1.807) is 11.8 Å². The predicted octanol–water partition coefficient (Wildman–Crippen LogP) is 2.70. The van der Waals surface area contributed by atoms with Crippen LogP contribution in [-0.2, 0) is 0 Å². The van der Waals surface area contributed by atoms with Gasteiger partial charge in [0.25, 0.3) is 0 Å². The number of aromatic nitrogens is 2. The molecule has 0 aliphatic carbocycles. The van der Waals surface area contributed by atoms with Gasteiger partial charge in [0, 0.05) is 23.2 Å². The molecular weight excluding hydrogens is 218 g/mol. The second kappa shape index (κ2) is 6.86. The van der Waals surface area contributed by atoms with E-state index in [1.165, 1.54) is 0 Å². The first kappa shape index (κ1) is 13.5. The summed E-state index contributed by atoms with van der Waals surface area (Å²) >= 11 is 1.72. The Hall–Kier alpha value is -0.610. The summed E-state index contributed by atoms with van der Waals surface area (Å²) in [6.45, 7) is 6.14. The first-order valence-corrected chi connectivity index (χ1v) is 6.81. The van der Waals surface area contributed by atoms with Gasteiger partial charge in [-0.15, -0.1) is 0 Å². The van der Waals surface area contributed by atoms with Gasteiger partial charge in [0.15, 0.2) is 5.16 Å². The Bertz CT molecular complexity index is 308. The van der Waals surface area contributed by atoms with Gasteiger partial charge >= 0.3 is 0 Å². The Kier molecular flexibility index (Phi) is 5.77. The first-order valence-electron chi connectivity index (χ1n) is 5.82.